The Balaban J connectivity index is 1.59. The summed E-state index contributed by atoms with van der Waals surface area (Å²) in [5.74, 6) is -1.68. The highest BCUT2D eigenvalue weighted by molar-refractivity contribution is 8.15. The average Bonchev–Trinajstić information content (AvgIpc) is 3.09. The van der Waals surface area contributed by atoms with Gasteiger partial charge in [-0.05, 0) is 41.8 Å². The second-order valence-corrected chi connectivity index (χ2v) is 8.98. The molecule has 1 unspecified atom stereocenters. The van der Waals surface area contributed by atoms with E-state index in [2.05, 4.69) is 5.32 Å². The third kappa shape index (κ3) is 7.80. The van der Waals surface area contributed by atoms with Crippen molar-refractivity contribution in [2.45, 2.75) is 30.4 Å². The van der Waals surface area contributed by atoms with Gasteiger partial charge in [-0.15, -0.1) is 0 Å². The number of amides is 2. The molecule has 1 aliphatic heterocycles. The van der Waals surface area contributed by atoms with Crippen LogP contribution in [0.1, 0.15) is 29.9 Å². The van der Waals surface area contributed by atoms with Crippen LogP contribution in [0.2, 0.25) is 5.02 Å². The van der Waals surface area contributed by atoms with Gasteiger partial charge in [-0.1, -0.05) is 47.6 Å². The number of halogens is 1. The minimum absolute atomic E-state index is 0.0128. The molecule has 10 heteroatoms. The van der Waals surface area contributed by atoms with E-state index in [-0.39, 0.29) is 43.1 Å². The van der Waals surface area contributed by atoms with E-state index in [1.807, 2.05) is 18.2 Å². The largest absolute Gasteiger partial charge is 0.493 e. The number of ether oxygens (including phenoxy) is 2. The molecule has 2 amide bonds. The van der Waals surface area contributed by atoms with E-state index in [1.165, 1.54) is 0 Å². The number of aliphatic carboxylic acids is 1. The summed E-state index contributed by atoms with van der Waals surface area (Å²) in [6, 6.07) is 14.3. The highest BCUT2D eigenvalue weighted by atomic mass is 35.5. The standard InChI is InChI=1S/C23H22ClNO7S/c24-17-3-1-2-15(11-17)16(13-32-21(28)9-8-20(26)27)12-31-18-6-4-14(5-7-18)10-19-22(29)25-23(30)33-19/h1-7,11,16,19H,8-10,12-13H2,(H,26,27)(H,25,29,30)/t16-,19?/m0/s1. The summed E-state index contributed by atoms with van der Waals surface area (Å²) in [4.78, 5) is 45.5. The molecule has 3 rings (SSSR count). The van der Waals surface area contributed by atoms with Gasteiger partial charge in [-0.25, -0.2) is 0 Å². The predicted octanol–water partition coefficient (Wildman–Crippen LogP) is 3.80. The maximum atomic E-state index is 11.8. The summed E-state index contributed by atoms with van der Waals surface area (Å²) < 4.78 is 11.1. The van der Waals surface area contributed by atoms with E-state index in [0.717, 1.165) is 22.9 Å². The highest BCUT2D eigenvalue weighted by Gasteiger charge is 2.31. The summed E-state index contributed by atoms with van der Waals surface area (Å²) >= 11 is 7.08. The fourth-order valence-electron chi connectivity index (χ4n) is 3.14. The number of carboxylic acids is 1. The van der Waals surface area contributed by atoms with Crippen molar-refractivity contribution in [3.8, 4) is 5.75 Å². The molecule has 2 N–H and O–H groups in total. The molecule has 0 aromatic heterocycles. The molecule has 1 saturated heterocycles. The molecule has 1 fully saturated rings. The van der Waals surface area contributed by atoms with Gasteiger partial charge in [0.1, 0.15) is 12.4 Å². The van der Waals surface area contributed by atoms with E-state index in [0.29, 0.717) is 17.2 Å². The highest BCUT2D eigenvalue weighted by Crippen LogP contribution is 2.25. The van der Waals surface area contributed by atoms with Crippen molar-refractivity contribution >= 4 is 46.4 Å². The average molecular weight is 492 g/mol. The first-order valence-electron chi connectivity index (χ1n) is 10.2. The number of hydrogen-bond donors (Lipinski definition) is 2. The van der Waals surface area contributed by atoms with Crippen molar-refractivity contribution < 1.29 is 33.8 Å². The second kappa shape index (κ2) is 11.7. The molecular weight excluding hydrogens is 470 g/mol. The van der Waals surface area contributed by atoms with E-state index in [4.69, 9.17) is 26.2 Å². The minimum atomic E-state index is -1.07. The molecule has 1 aliphatic rings. The summed E-state index contributed by atoms with van der Waals surface area (Å²) in [7, 11) is 0. The summed E-state index contributed by atoms with van der Waals surface area (Å²) in [6.07, 6.45) is -0.0680. The molecule has 0 aliphatic carbocycles. The minimum Gasteiger partial charge on any atom is -0.493 e. The molecule has 0 saturated carbocycles. The molecule has 0 bridgehead atoms. The third-order valence-electron chi connectivity index (χ3n) is 4.87. The van der Waals surface area contributed by atoms with Crippen LogP contribution in [0.15, 0.2) is 48.5 Å². The van der Waals surface area contributed by atoms with Crippen LogP contribution in [0.25, 0.3) is 0 Å². The Hall–Kier alpha value is -3.04. The van der Waals surface area contributed by atoms with Gasteiger partial charge in [0.05, 0.1) is 30.6 Å². The van der Waals surface area contributed by atoms with Gasteiger partial charge in [0.25, 0.3) is 5.24 Å². The van der Waals surface area contributed by atoms with Crippen LogP contribution in [0.5, 0.6) is 5.75 Å². The molecular formula is C23H22ClNO7S. The fourth-order valence-corrected chi connectivity index (χ4v) is 4.19. The number of carbonyl (C=O) groups is 4. The molecule has 0 radical (unpaired) electrons. The third-order valence-corrected chi connectivity index (χ3v) is 6.09. The first kappa shape index (κ1) is 24.6. The van der Waals surface area contributed by atoms with Crippen molar-refractivity contribution in [2.24, 2.45) is 0 Å². The number of imide groups is 1. The van der Waals surface area contributed by atoms with Crippen molar-refractivity contribution in [1.82, 2.24) is 5.32 Å². The zero-order valence-corrected chi connectivity index (χ0v) is 19.1. The molecule has 1 heterocycles. The predicted molar refractivity (Wildman–Crippen MR) is 123 cm³/mol. The maximum absolute atomic E-state index is 11.8. The Morgan fingerprint density at radius 2 is 1.85 bits per heavy atom. The monoisotopic (exact) mass is 491 g/mol. The lowest BCUT2D eigenvalue weighted by Gasteiger charge is -2.19. The Labute approximate surface area is 199 Å². The van der Waals surface area contributed by atoms with Gasteiger partial charge < -0.3 is 14.6 Å². The van der Waals surface area contributed by atoms with Crippen molar-refractivity contribution in [3.05, 3.63) is 64.7 Å². The van der Waals surface area contributed by atoms with Crippen LogP contribution in [-0.4, -0.2) is 46.7 Å². The van der Waals surface area contributed by atoms with Crippen molar-refractivity contribution in [1.29, 1.82) is 0 Å². The van der Waals surface area contributed by atoms with Gasteiger partial charge in [0.2, 0.25) is 5.91 Å². The topological polar surface area (TPSA) is 119 Å². The zero-order chi connectivity index (χ0) is 23.8. The number of rotatable bonds is 11. The van der Waals surface area contributed by atoms with Gasteiger partial charge in [0, 0.05) is 5.02 Å². The molecule has 33 heavy (non-hydrogen) atoms. The normalized spacial score (nSPS) is 16.2. The lowest BCUT2D eigenvalue weighted by Crippen LogP contribution is -2.25. The first-order valence-corrected chi connectivity index (χ1v) is 11.4. The van der Waals surface area contributed by atoms with Crippen LogP contribution >= 0.6 is 23.4 Å². The van der Waals surface area contributed by atoms with Gasteiger partial charge in [-0.2, -0.15) is 0 Å². The van der Waals surface area contributed by atoms with E-state index in [1.54, 1.807) is 30.3 Å². The smallest absolute Gasteiger partial charge is 0.306 e. The van der Waals surface area contributed by atoms with Crippen molar-refractivity contribution in [2.75, 3.05) is 13.2 Å². The molecule has 2 aromatic carbocycles. The number of carboxylic acid groups (broad SMARTS) is 1. The molecule has 0 spiro atoms. The SMILES string of the molecule is O=C(O)CCC(=O)OC[C@H](COc1ccc(CC2SC(=O)NC2=O)cc1)c1cccc(Cl)c1. The van der Waals surface area contributed by atoms with E-state index >= 15 is 0 Å². The zero-order valence-electron chi connectivity index (χ0n) is 17.5. The van der Waals surface area contributed by atoms with Gasteiger partial charge in [-0.3, -0.25) is 24.5 Å². The van der Waals surface area contributed by atoms with E-state index in [9.17, 15) is 19.2 Å². The summed E-state index contributed by atoms with van der Waals surface area (Å²) in [6.45, 7) is 0.209. The van der Waals surface area contributed by atoms with Crippen LogP contribution in [0, 0.1) is 0 Å². The fraction of sp³-hybridized carbons (Fsp3) is 0.304. The molecule has 2 atom stereocenters. The Bertz CT molecular complexity index is 1030. The lowest BCUT2D eigenvalue weighted by molar-refractivity contribution is -0.148. The molecule has 8 nitrogen and oxygen atoms in total. The Morgan fingerprint density at radius 3 is 2.48 bits per heavy atom. The number of esters is 1. The lowest BCUT2D eigenvalue weighted by atomic mass is 10.0. The van der Waals surface area contributed by atoms with Gasteiger partial charge >= 0.3 is 11.9 Å². The quantitative estimate of drug-likeness (QED) is 0.455. The molecule has 2 aromatic rings. The number of benzene rings is 2. The second-order valence-electron chi connectivity index (χ2n) is 7.37. The number of carbonyl (C=O) groups excluding carboxylic acids is 3. The number of nitrogens with one attached hydrogen (secondary N) is 1. The van der Waals surface area contributed by atoms with Gasteiger partial charge in [0.15, 0.2) is 0 Å². The van der Waals surface area contributed by atoms with Crippen LogP contribution < -0.4 is 10.1 Å². The number of hydrogen-bond acceptors (Lipinski definition) is 7. The van der Waals surface area contributed by atoms with Crippen LogP contribution in [-0.2, 0) is 25.5 Å². The van der Waals surface area contributed by atoms with Crippen LogP contribution in [0.3, 0.4) is 0 Å². The Kier molecular flexibility index (Phi) is 8.73. The molecule has 174 valence electrons. The van der Waals surface area contributed by atoms with Crippen molar-refractivity contribution in [3.63, 3.8) is 0 Å². The number of thioether (sulfide) groups is 1. The first-order chi connectivity index (χ1) is 15.8. The Morgan fingerprint density at radius 1 is 1.09 bits per heavy atom. The van der Waals surface area contributed by atoms with E-state index < -0.39 is 17.2 Å². The maximum Gasteiger partial charge on any atom is 0.306 e. The summed E-state index contributed by atoms with van der Waals surface area (Å²) in [5.41, 5.74) is 1.71. The van der Waals surface area contributed by atoms with Crippen LogP contribution in [0.4, 0.5) is 4.79 Å². The summed E-state index contributed by atoms with van der Waals surface area (Å²) in [5, 5.41) is 10.7.